The quantitative estimate of drug-likeness (QED) is 0.662. The molecule has 0 unspecified atom stereocenters. The van der Waals surface area contributed by atoms with Crippen LogP contribution in [0.2, 0.25) is 0 Å². The summed E-state index contributed by atoms with van der Waals surface area (Å²) in [6, 6.07) is 6.66. The highest BCUT2D eigenvalue weighted by atomic mass is 32.1. The number of aryl methyl sites for hydroxylation is 2. The maximum atomic E-state index is 12.3. The van der Waals surface area contributed by atoms with Gasteiger partial charge in [-0.15, -0.1) is 0 Å². The Labute approximate surface area is 153 Å². The van der Waals surface area contributed by atoms with Gasteiger partial charge in [0.2, 0.25) is 0 Å². The lowest BCUT2D eigenvalue weighted by molar-refractivity contribution is 0.101. The van der Waals surface area contributed by atoms with Crippen molar-refractivity contribution >= 4 is 28.2 Å². The summed E-state index contributed by atoms with van der Waals surface area (Å²) in [7, 11) is 0. The maximum Gasteiger partial charge on any atom is 0.257 e. The van der Waals surface area contributed by atoms with Gasteiger partial charge in [0, 0.05) is 12.5 Å². The van der Waals surface area contributed by atoms with E-state index in [1.165, 1.54) is 6.92 Å². The van der Waals surface area contributed by atoms with Crippen LogP contribution in [-0.2, 0) is 6.61 Å². The topological polar surface area (TPSA) is 107 Å². The van der Waals surface area contributed by atoms with Crippen LogP contribution >= 0.6 is 11.3 Å². The van der Waals surface area contributed by atoms with Gasteiger partial charge >= 0.3 is 0 Å². The monoisotopic (exact) mass is 372 g/mol. The second kappa shape index (κ2) is 7.44. The number of carbonyl (C=O) groups excluding carboxylic acids is 2. The molecule has 0 aliphatic rings. The number of thiazole rings is 1. The summed E-state index contributed by atoms with van der Waals surface area (Å²) in [4.78, 5) is 28.5. The number of nitrogens with zero attached hydrogens (tertiary/aromatic N) is 3. The van der Waals surface area contributed by atoms with E-state index >= 15 is 0 Å². The fourth-order valence-electron chi connectivity index (χ4n) is 2.18. The molecule has 8 nitrogen and oxygen atoms in total. The van der Waals surface area contributed by atoms with E-state index in [2.05, 4.69) is 25.2 Å². The highest BCUT2D eigenvalue weighted by molar-refractivity contribution is 7.17. The van der Waals surface area contributed by atoms with Crippen LogP contribution in [0.3, 0.4) is 0 Å². The molecule has 2 aromatic heterocycles. The van der Waals surface area contributed by atoms with Gasteiger partial charge in [0.1, 0.15) is 23.7 Å². The van der Waals surface area contributed by atoms with E-state index in [1.807, 2.05) is 0 Å². The summed E-state index contributed by atoms with van der Waals surface area (Å²) in [5.74, 6) is 0.212. The average molecular weight is 372 g/mol. The van der Waals surface area contributed by atoms with E-state index in [0.29, 0.717) is 38.4 Å². The number of Topliss-reactive ketones (excluding diaryl/α,β-unsaturated/α-hetero) is 1. The molecule has 0 saturated heterocycles. The van der Waals surface area contributed by atoms with Crippen molar-refractivity contribution in [2.45, 2.75) is 27.4 Å². The number of rotatable bonds is 6. The molecule has 2 heterocycles. The normalized spacial score (nSPS) is 10.6. The minimum atomic E-state index is -0.308. The Kier molecular flexibility index (Phi) is 5.08. The molecule has 0 aliphatic heterocycles. The van der Waals surface area contributed by atoms with Crippen molar-refractivity contribution in [3.8, 4) is 5.75 Å². The minimum absolute atomic E-state index is 0.0699. The van der Waals surface area contributed by atoms with E-state index in [0.717, 1.165) is 11.3 Å². The summed E-state index contributed by atoms with van der Waals surface area (Å²) < 4.78 is 10.2. The van der Waals surface area contributed by atoms with Gasteiger partial charge in [-0.25, -0.2) is 9.61 Å². The van der Waals surface area contributed by atoms with Gasteiger partial charge < -0.3 is 4.74 Å². The first-order chi connectivity index (χ1) is 12.4. The number of hydrogen-bond donors (Lipinski definition) is 1. The van der Waals surface area contributed by atoms with E-state index < -0.39 is 0 Å². The molecule has 0 atom stereocenters. The zero-order valence-corrected chi connectivity index (χ0v) is 15.2. The number of amides is 1. The predicted molar refractivity (Wildman–Crippen MR) is 94.6 cm³/mol. The first-order valence-corrected chi connectivity index (χ1v) is 8.56. The number of carbonyl (C=O) groups is 2. The van der Waals surface area contributed by atoms with Crippen LogP contribution in [0.25, 0.3) is 0 Å². The molecule has 0 saturated carbocycles. The second-order valence-electron chi connectivity index (χ2n) is 5.55. The third-order valence-electron chi connectivity index (χ3n) is 3.58. The van der Waals surface area contributed by atoms with Gasteiger partial charge in [-0.1, -0.05) is 21.7 Å². The molecule has 1 aromatic carbocycles. The molecule has 3 rings (SSSR count). The lowest BCUT2D eigenvalue weighted by Gasteiger charge is -2.06. The van der Waals surface area contributed by atoms with Crippen LogP contribution in [-0.4, -0.2) is 27.0 Å². The van der Waals surface area contributed by atoms with Crippen molar-refractivity contribution in [1.29, 1.82) is 0 Å². The van der Waals surface area contributed by atoms with Crippen molar-refractivity contribution < 1.29 is 19.0 Å². The predicted octanol–water partition coefficient (Wildman–Crippen LogP) is 3.18. The van der Waals surface area contributed by atoms with Crippen LogP contribution < -0.4 is 10.1 Å². The highest BCUT2D eigenvalue weighted by Gasteiger charge is 2.14. The highest BCUT2D eigenvalue weighted by Crippen LogP contribution is 2.23. The van der Waals surface area contributed by atoms with Crippen LogP contribution in [0.4, 0.5) is 5.13 Å². The molecule has 0 bridgehead atoms. The van der Waals surface area contributed by atoms with Gasteiger partial charge in [0.25, 0.3) is 5.91 Å². The number of aromatic nitrogens is 3. The standard InChI is InChI=1S/C17H16N4O4S/c1-9-14(21-25-20-9)8-24-13-6-4-12(5-7-13)16(23)19-17-18-10(2)15(26-17)11(3)22/h4-7H,8H2,1-3H3,(H,18,19,23). The summed E-state index contributed by atoms with van der Waals surface area (Å²) in [6.07, 6.45) is 0. The number of ether oxygens (including phenoxy) is 1. The largest absolute Gasteiger partial charge is 0.487 e. The van der Waals surface area contributed by atoms with Crippen molar-refractivity contribution in [3.05, 3.63) is 51.8 Å². The summed E-state index contributed by atoms with van der Waals surface area (Å²) >= 11 is 1.16. The lowest BCUT2D eigenvalue weighted by atomic mass is 10.2. The summed E-state index contributed by atoms with van der Waals surface area (Å²) in [6.45, 7) is 5.22. The molecule has 0 radical (unpaired) electrons. The van der Waals surface area contributed by atoms with Crippen LogP contribution in [0.5, 0.6) is 5.75 Å². The molecule has 26 heavy (non-hydrogen) atoms. The second-order valence-corrected chi connectivity index (χ2v) is 6.55. The van der Waals surface area contributed by atoms with E-state index in [9.17, 15) is 9.59 Å². The third-order valence-corrected chi connectivity index (χ3v) is 4.75. The molecular weight excluding hydrogens is 356 g/mol. The minimum Gasteiger partial charge on any atom is -0.487 e. The molecule has 0 fully saturated rings. The Bertz CT molecular complexity index is 946. The van der Waals surface area contributed by atoms with Gasteiger partial charge in [-0.3, -0.25) is 14.9 Å². The number of ketones is 1. The van der Waals surface area contributed by atoms with Crippen LogP contribution in [0, 0.1) is 13.8 Å². The van der Waals surface area contributed by atoms with Gasteiger partial charge in [0.05, 0.1) is 10.6 Å². The van der Waals surface area contributed by atoms with Gasteiger partial charge in [-0.05, 0) is 38.1 Å². The van der Waals surface area contributed by atoms with Crippen LogP contribution in [0.15, 0.2) is 28.9 Å². The zero-order valence-electron chi connectivity index (χ0n) is 14.4. The third kappa shape index (κ3) is 3.94. The summed E-state index contributed by atoms with van der Waals surface area (Å²) in [5.41, 5.74) is 2.35. The van der Waals surface area contributed by atoms with E-state index in [1.54, 1.807) is 38.1 Å². The zero-order chi connectivity index (χ0) is 18.7. The van der Waals surface area contributed by atoms with Crippen molar-refractivity contribution in [3.63, 3.8) is 0 Å². The molecular formula is C17H16N4O4S. The smallest absolute Gasteiger partial charge is 0.257 e. The lowest BCUT2D eigenvalue weighted by Crippen LogP contribution is -2.11. The fraction of sp³-hybridized carbons (Fsp3) is 0.235. The van der Waals surface area contributed by atoms with E-state index in [4.69, 9.17) is 4.74 Å². The first-order valence-electron chi connectivity index (χ1n) is 7.74. The number of benzene rings is 1. The molecule has 1 amide bonds. The van der Waals surface area contributed by atoms with Crippen molar-refractivity contribution in [1.82, 2.24) is 15.3 Å². The number of hydrogen-bond acceptors (Lipinski definition) is 8. The Hall–Kier alpha value is -3.07. The van der Waals surface area contributed by atoms with Crippen molar-refractivity contribution in [2.75, 3.05) is 5.32 Å². The maximum absolute atomic E-state index is 12.3. The fourth-order valence-corrected chi connectivity index (χ4v) is 3.04. The molecule has 0 aliphatic carbocycles. The Morgan fingerprint density at radius 3 is 2.46 bits per heavy atom. The summed E-state index contributed by atoms with van der Waals surface area (Å²) in [5, 5.41) is 10.5. The van der Waals surface area contributed by atoms with E-state index in [-0.39, 0.29) is 18.3 Å². The molecule has 3 aromatic rings. The Morgan fingerprint density at radius 2 is 1.88 bits per heavy atom. The molecule has 0 spiro atoms. The first kappa shape index (κ1) is 17.7. The molecule has 134 valence electrons. The Morgan fingerprint density at radius 1 is 1.15 bits per heavy atom. The van der Waals surface area contributed by atoms with Gasteiger partial charge in [0.15, 0.2) is 10.9 Å². The molecule has 1 N–H and O–H groups in total. The Balaban J connectivity index is 1.62. The van der Waals surface area contributed by atoms with Crippen LogP contribution in [0.1, 0.15) is 44.0 Å². The average Bonchev–Trinajstić information content (AvgIpc) is 3.18. The van der Waals surface area contributed by atoms with Gasteiger partial charge in [-0.2, -0.15) is 0 Å². The number of nitrogens with one attached hydrogen (secondary N) is 1. The van der Waals surface area contributed by atoms with Crippen molar-refractivity contribution in [2.24, 2.45) is 0 Å². The molecule has 9 heteroatoms. The number of anilines is 1. The SMILES string of the molecule is CC(=O)c1sc(NC(=O)c2ccc(OCc3nonc3C)cc2)nc1C.